The van der Waals surface area contributed by atoms with Crippen LogP contribution in [0.2, 0.25) is 0 Å². The van der Waals surface area contributed by atoms with Crippen molar-refractivity contribution in [1.82, 2.24) is 4.98 Å². The summed E-state index contributed by atoms with van der Waals surface area (Å²) in [6.07, 6.45) is 2.67. The highest BCUT2D eigenvalue weighted by Gasteiger charge is 2.20. The smallest absolute Gasteiger partial charge is 0.229 e. The number of aromatic nitrogens is 1. The minimum absolute atomic E-state index is 0.471. The SMILES string of the molecule is COc1ccccc1N1CCN(c2ccc(NS(C)(=O)=O)cn2)CC1. The Bertz CT molecular complexity index is 816. The number of nitrogens with one attached hydrogen (secondary N) is 1. The van der Waals surface area contributed by atoms with Gasteiger partial charge in [0.1, 0.15) is 11.6 Å². The van der Waals surface area contributed by atoms with E-state index in [0.29, 0.717) is 5.69 Å². The Labute approximate surface area is 148 Å². The molecule has 2 heterocycles. The van der Waals surface area contributed by atoms with E-state index in [1.807, 2.05) is 24.3 Å². The molecule has 1 saturated heterocycles. The van der Waals surface area contributed by atoms with Crippen molar-refractivity contribution in [2.45, 2.75) is 0 Å². The molecule has 25 heavy (non-hydrogen) atoms. The fourth-order valence-electron chi connectivity index (χ4n) is 2.92. The molecule has 0 unspecified atom stereocenters. The lowest BCUT2D eigenvalue weighted by Crippen LogP contribution is -2.46. The number of rotatable bonds is 5. The maximum absolute atomic E-state index is 11.2. The Kier molecular flexibility index (Phi) is 4.98. The van der Waals surface area contributed by atoms with Crippen LogP contribution >= 0.6 is 0 Å². The standard InChI is InChI=1S/C17H22N4O3S/c1-24-16-6-4-3-5-15(16)20-9-11-21(12-10-20)17-8-7-14(13-18-17)19-25(2,22)23/h3-8,13,19H,9-12H2,1-2H3. The lowest BCUT2D eigenvalue weighted by Gasteiger charge is -2.37. The van der Waals surface area contributed by atoms with Crippen molar-refractivity contribution in [3.05, 3.63) is 42.6 Å². The number of hydrogen-bond acceptors (Lipinski definition) is 6. The van der Waals surface area contributed by atoms with E-state index in [0.717, 1.165) is 49.7 Å². The highest BCUT2D eigenvalue weighted by Crippen LogP contribution is 2.29. The first kappa shape index (κ1) is 17.3. The molecular formula is C17H22N4O3S. The third-order valence-electron chi connectivity index (χ3n) is 4.08. The van der Waals surface area contributed by atoms with Crippen molar-refractivity contribution in [1.29, 1.82) is 0 Å². The average Bonchev–Trinajstić information content (AvgIpc) is 2.61. The van der Waals surface area contributed by atoms with Crippen LogP contribution in [0, 0.1) is 0 Å². The van der Waals surface area contributed by atoms with Gasteiger partial charge in [0.25, 0.3) is 0 Å². The molecule has 1 aliphatic heterocycles. The summed E-state index contributed by atoms with van der Waals surface area (Å²) in [4.78, 5) is 8.86. The molecule has 1 aromatic carbocycles. The summed E-state index contributed by atoms with van der Waals surface area (Å²) < 4.78 is 30.4. The van der Waals surface area contributed by atoms with Crippen LogP contribution in [-0.2, 0) is 10.0 Å². The molecular weight excluding hydrogens is 340 g/mol. The largest absolute Gasteiger partial charge is 0.495 e. The number of pyridine rings is 1. The molecule has 0 amide bonds. The molecule has 0 bridgehead atoms. The molecule has 134 valence electrons. The second-order valence-electron chi connectivity index (χ2n) is 5.93. The fourth-order valence-corrected chi connectivity index (χ4v) is 3.46. The number of anilines is 3. The van der Waals surface area contributed by atoms with Crippen LogP contribution in [0.5, 0.6) is 5.75 Å². The van der Waals surface area contributed by atoms with Gasteiger partial charge in [-0.1, -0.05) is 12.1 Å². The van der Waals surface area contributed by atoms with Crippen LogP contribution in [0.3, 0.4) is 0 Å². The summed E-state index contributed by atoms with van der Waals surface area (Å²) >= 11 is 0. The van der Waals surface area contributed by atoms with Crippen LogP contribution in [0.15, 0.2) is 42.6 Å². The topological polar surface area (TPSA) is 74.8 Å². The normalized spacial score (nSPS) is 15.1. The first-order valence-corrected chi connectivity index (χ1v) is 9.92. The van der Waals surface area contributed by atoms with Crippen molar-refractivity contribution < 1.29 is 13.2 Å². The zero-order chi connectivity index (χ0) is 17.9. The van der Waals surface area contributed by atoms with Gasteiger partial charge in [-0.05, 0) is 24.3 Å². The van der Waals surface area contributed by atoms with Crippen LogP contribution in [0.25, 0.3) is 0 Å². The number of hydrogen-bond donors (Lipinski definition) is 1. The highest BCUT2D eigenvalue weighted by molar-refractivity contribution is 7.92. The van der Waals surface area contributed by atoms with Gasteiger partial charge in [-0.2, -0.15) is 0 Å². The predicted octanol–water partition coefficient (Wildman–Crippen LogP) is 1.79. The minimum Gasteiger partial charge on any atom is -0.495 e. The fraction of sp³-hybridized carbons (Fsp3) is 0.353. The van der Waals surface area contributed by atoms with Crippen molar-refractivity contribution >= 4 is 27.2 Å². The van der Waals surface area contributed by atoms with Crippen LogP contribution in [0.4, 0.5) is 17.2 Å². The minimum atomic E-state index is -3.28. The van der Waals surface area contributed by atoms with E-state index >= 15 is 0 Å². The second-order valence-corrected chi connectivity index (χ2v) is 7.67. The highest BCUT2D eigenvalue weighted by atomic mass is 32.2. The molecule has 0 spiro atoms. The zero-order valence-electron chi connectivity index (χ0n) is 14.3. The Morgan fingerprint density at radius 3 is 2.32 bits per heavy atom. The maximum atomic E-state index is 11.2. The van der Waals surface area contributed by atoms with E-state index in [1.165, 1.54) is 0 Å². The van der Waals surface area contributed by atoms with Crippen molar-refractivity contribution in [2.75, 3.05) is 54.1 Å². The molecule has 0 atom stereocenters. The number of benzene rings is 1. The third kappa shape index (κ3) is 4.33. The molecule has 8 heteroatoms. The van der Waals surface area contributed by atoms with E-state index in [-0.39, 0.29) is 0 Å². The first-order chi connectivity index (χ1) is 12.0. The van der Waals surface area contributed by atoms with Crippen molar-refractivity contribution in [3.8, 4) is 5.75 Å². The molecule has 7 nitrogen and oxygen atoms in total. The summed E-state index contributed by atoms with van der Waals surface area (Å²) in [5, 5.41) is 0. The number of nitrogens with zero attached hydrogens (tertiary/aromatic N) is 3. The van der Waals surface area contributed by atoms with E-state index in [4.69, 9.17) is 4.74 Å². The van der Waals surface area contributed by atoms with Gasteiger partial charge >= 0.3 is 0 Å². The molecule has 3 rings (SSSR count). The van der Waals surface area contributed by atoms with Gasteiger partial charge in [0.05, 0.1) is 30.9 Å². The van der Waals surface area contributed by atoms with Crippen LogP contribution in [0.1, 0.15) is 0 Å². The zero-order valence-corrected chi connectivity index (χ0v) is 15.2. The number of para-hydroxylation sites is 2. The number of sulfonamides is 1. The molecule has 0 radical (unpaired) electrons. The van der Waals surface area contributed by atoms with Gasteiger partial charge in [0.2, 0.25) is 10.0 Å². The van der Waals surface area contributed by atoms with Gasteiger partial charge in [-0.3, -0.25) is 4.72 Å². The summed E-state index contributed by atoms with van der Waals surface area (Å²) in [7, 11) is -1.60. The summed E-state index contributed by atoms with van der Waals surface area (Å²) in [6, 6.07) is 11.6. The quantitative estimate of drug-likeness (QED) is 0.874. The molecule has 1 aromatic heterocycles. The Morgan fingerprint density at radius 1 is 1.04 bits per heavy atom. The van der Waals surface area contributed by atoms with Crippen LogP contribution in [-0.4, -0.2) is 52.9 Å². The van der Waals surface area contributed by atoms with E-state index in [9.17, 15) is 8.42 Å². The van der Waals surface area contributed by atoms with E-state index < -0.39 is 10.0 Å². The first-order valence-electron chi connectivity index (χ1n) is 8.03. The van der Waals surface area contributed by atoms with Gasteiger partial charge in [-0.15, -0.1) is 0 Å². The molecule has 1 aliphatic rings. The lowest BCUT2D eigenvalue weighted by molar-refractivity contribution is 0.413. The number of piperazine rings is 1. The number of ether oxygens (including phenoxy) is 1. The molecule has 2 aromatic rings. The van der Waals surface area contributed by atoms with Crippen molar-refractivity contribution in [3.63, 3.8) is 0 Å². The third-order valence-corrected chi connectivity index (χ3v) is 4.69. The Morgan fingerprint density at radius 2 is 1.72 bits per heavy atom. The molecule has 0 aliphatic carbocycles. The lowest BCUT2D eigenvalue weighted by atomic mass is 10.2. The van der Waals surface area contributed by atoms with Gasteiger partial charge in [-0.25, -0.2) is 13.4 Å². The summed E-state index contributed by atoms with van der Waals surface area (Å²) in [5.41, 5.74) is 1.57. The monoisotopic (exact) mass is 362 g/mol. The van der Waals surface area contributed by atoms with E-state index in [2.05, 4.69) is 25.6 Å². The molecule has 0 saturated carbocycles. The number of methoxy groups -OCH3 is 1. The van der Waals surface area contributed by atoms with Gasteiger partial charge in [0, 0.05) is 26.2 Å². The molecule has 1 fully saturated rings. The van der Waals surface area contributed by atoms with Crippen LogP contribution < -0.4 is 19.3 Å². The second kappa shape index (κ2) is 7.18. The van der Waals surface area contributed by atoms with Gasteiger partial charge in [0.15, 0.2) is 0 Å². The summed E-state index contributed by atoms with van der Waals surface area (Å²) in [5.74, 6) is 1.73. The molecule has 1 N–H and O–H groups in total. The van der Waals surface area contributed by atoms with Gasteiger partial charge < -0.3 is 14.5 Å². The summed E-state index contributed by atoms with van der Waals surface area (Å²) in [6.45, 7) is 3.41. The maximum Gasteiger partial charge on any atom is 0.229 e. The average molecular weight is 362 g/mol. The van der Waals surface area contributed by atoms with Crippen molar-refractivity contribution in [2.24, 2.45) is 0 Å². The predicted molar refractivity (Wildman–Crippen MR) is 100 cm³/mol. The van der Waals surface area contributed by atoms with E-state index in [1.54, 1.807) is 19.4 Å². The Hall–Kier alpha value is -2.48. The Balaban J connectivity index is 1.64.